The zero-order valence-electron chi connectivity index (χ0n) is 13.1. The minimum atomic E-state index is -1.95. The van der Waals surface area contributed by atoms with Crippen LogP contribution in [0.1, 0.15) is 22.3 Å². The van der Waals surface area contributed by atoms with Gasteiger partial charge in [-0.05, 0) is 30.8 Å². The zero-order valence-corrected chi connectivity index (χ0v) is 14.1. The summed E-state index contributed by atoms with van der Waals surface area (Å²) in [6, 6.07) is 18.5. The monoisotopic (exact) mass is 305 g/mol. The summed E-state index contributed by atoms with van der Waals surface area (Å²) in [6.45, 7) is 6.36. The summed E-state index contributed by atoms with van der Waals surface area (Å²) in [5.74, 6) is 0. The number of hydrogen-bond acceptors (Lipinski definition) is 2. The van der Waals surface area contributed by atoms with E-state index in [4.69, 9.17) is 4.43 Å². The van der Waals surface area contributed by atoms with Gasteiger partial charge in [0.1, 0.15) is 6.07 Å². The highest BCUT2D eigenvalue weighted by Crippen LogP contribution is 2.42. The van der Waals surface area contributed by atoms with Gasteiger partial charge in [-0.2, -0.15) is 5.26 Å². The first-order valence-corrected chi connectivity index (χ1v) is 10.9. The Balaban J connectivity index is 2.36. The smallest absolute Gasteiger partial charge is 0.197 e. The van der Waals surface area contributed by atoms with Crippen molar-refractivity contribution in [3.8, 4) is 6.07 Å². The van der Waals surface area contributed by atoms with Gasteiger partial charge in [0.05, 0.1) is 0 Å². The van der Waals surface area contributed by atoms with E-state index in [9.17, 15) is 5.26 Å². The van der Waals surface area contributed by atoms with Crippen molar-refractivity contribution in [2.24, 2.45) is 0 Å². The van der Waals surface area contributed by atoms with Crippen LogP contribution < -0.4 is 0 Å². The van der Waals surface area contributed by atoms with Crippen LogP contribution in [-0.2, 0) is 10.0 Å². The molecule has 3 rings (SSSR count). The molecule has 0 radical (unpaired) electrons. The fourth-order valence-corrected chi connectivity index (χ4v) is 4.15. The van der Waals surface area contributed by atoms with Gasteiger partial charge in [0.25, 0.3) is 0 Å². The highest BCUT2D eigenvalue weighted by Gasteiger charge is 2.43. The first-order chi connectivity index (χ1) is 10.5. The van der Waals surface area contributed by atoms with Crippen molar-refractivity contribution < 1.29 is 4.43 Å². The zero-order chi connectivity index (χ0) is 15.8. The van der Waals surface area contributed by atoms with Crippen LogP contribution in [0.5, 0.6) is 0 Å². The minimum Gasteiger partial charge on any atom is -0.393 e. The summed E-state index contributed by atoms with van der Waals surface area (Å²) in [7, 11) is -1.95. The average molecular weight is 305 g/mol. The Bertz CT molecular complexity index is 731. The lowest BCUT2D eigenvalue weighted by Crippen LogP contribution is -2.41. The number of benzene rings is 2. The third kappa shape index (κ3) is 2.41. The Morgan fingerprint density at radius 2 is 1.32 bits per heavy atom. The Labute approximate surface area is 132 Å². The van der Waals surface area contributed by atoms with Gasteiger partial charge in [-0.3, -0.25) is 0 Å². The van der Waals surface area contributed by atoms with E-state index < -0.39 is 13.9 Å². The number of fused-ring (bicyclic) bond motifs is 2. The second-order valence-corrected chi connectivity index (χ2v) is 10.9. The highest BCUT2D eigenvalue weighted by atomic mass is 28.4. The van der Waals surface area contributed by atoms with Crippen molar-refractivity contribution in [3.05, 3.63) is 70.8 Å². The molecule has 1 aliphatic rings. The molecule has 0 N–H and O–H groups in total. The molecular formula is C19H19NOSi. The quantitative estimate of drug-likeness (QED) is 0.747. The van der Waals surface area contributed by atoms with Crippen LogP contribution >= 0.6 is 0 Å². The van der Waals surface area contributed by atoms with Gasteiger partial charge in [0.15, 0.2) is 13.9 Å². The maximum Gasteiger partial charge on any atom is 0.197 e. The molecule has 0 atom stereocenters. The van der Waals surface area contributed by atoms with Crippen LogP contribution in [-0.4, -0.2) is 8.32 Å². The minimum absolute atomic E-state index is 0.932. The molecular weight excluding hydrogens is 286 g/mol. The molecule has 2 aromatic carbocycles. The fourth-order valence-electron chi connectivity index (χ4n) is 2.96. The molecule has 22 heavy (non-hydrogen) atoms. The summed E-state index contributed by atoms with van der Waals surface area (Å²) < 4.78 is 6.49. The summed E-state index contributed by atoms with van der Waals surface area (Å²) in [6.07, 6.45) is 4.14. The topological polar surface area (TPSA) is 33.0 Å². The van der Waals surface area contributed by atoms with E-state index in [2.05, 4.69) is 37.9 Å². The number of nitrogens with zero attached hydrogens (tertiary/aromatic N) is 1. The predicted octanol–water partition coefficient (Wildman–Crippen LogP) is 4.79. The van der Waals surface area contributed by atoms with Gasteiger partial charge in [-0.15, -0.1) is 0 Å². The summed E-state index contributed by atoms with van der Waals surface area (Å²) >= 11 is 0. The van der Waals surface area contributed by atoms with E-state index in [1.165, 1.54) is 0 Å². The van der Waals surface area contributed by atoms with Gasteiger partial charge >= 0.3 is 0 Å². The Morgan fingerprint density at radius 1 is 0.864 bits per heavy atom. The van der Waals surface area contributed by atoms with E-state index in [0.717, 1.165) is 22.3 Å². The van der Waals surface area contributed by atoms with Crippen molar-refractivity contribution >= 4 is 20.5 Å². The summed E-state index contributed by atoms with van der Waals surface area (Å²) in [5.41, 5.74) is 2.90. The molecule has 0 aliphatic heterocycles. The second-order valence-electron chi connectivity index (χ2n) is 6.52. The Kier molecular flexibility index (Phi) is 3.52. The second kappa shape index (κ2) is 5.24. The molecule has 2 aromatic rings. The van der Waals surface area contributed by atoms with Crippen LogP contribution in [0.2, 0.25) is 19.6 Å². The molecule has 1 aliphatic carbocycles. The maximum absolute atomic E-state index is 10.1. The van der Waals surface area contributed by atoms with Crippen molar-refractivity contribution in [1.82, 2.24) is 0 Å². The van der Waals surface area contributed by atoms with Crippen LogP contribution in [0.3, 0.4) is 0 Å². The summed E-state index contributed by atoms with van der Waals surface area (Å²) in [4.78, 5) is 0. The van der Waals surface area contributed by atoms with Crippen molar-refractivity contribution in [1.29, 1.82) is 5.26 Å². The maximum atomic E-state index is 10.1. The lowest BCUT2D eigenvalue weighted by atomic mass is 9.84. The Morgan fingerprint density at radius 3 is 1.73 bits per heavy atom. The molecule has 0 bridgehead atoms. The molecule has 0 saturated carbocycles. The largest absolute Gasteiger partial charge is 0.393 e. The highest BCUT2D eigenvalue weighted by molar-refractivity contribution is 6.69. The van der Waals surface area contributed by atoms with Crippen molar-refractivity contribution in [2.75, 3.05) is 0 Å². The number of nitriles is 1. The molecule has 0 aromatic heterocycles. The van der Waals surface area contributed by atoms with Gasteiger partial charge in [0, 0.05) is 11.1 Å². The van der Waals surface area contributed by atoms with Crippen molar-refractivity contribution in [2.45, 2.75) is 25.2 Å². The molecule has 0 unspecified atom stereocenters. The molecule has 0 amide bonds. The standard InChI is InChI=1S/C19H19NOSi/c1-22(2,3)21-19(14-20)17-10-6-4-8-15(17)12-13-16-9-5-7-11-18(16)19/h4-13H,1-3H3. The van der Waals surface area contributed by atoms with Gasteiger partial charge in [-0.1, -0.05) is 60.7 Å². The fraction of sp³-hybridized carbons (Fsp3) is 0.211. The first kappa shape index (κ1) is 14.8. The average Bonchev–Trinajstić information content (AvgIpc) is 2.63. The number of rotatable bonds is 2. The lowest BCUT2D eigenvalue weighted by Gasteiger charge is -2.35. The van der Waals surface area contributed by atoms with Crippen LogP contribution in [0.4, 0.5) is 0 Å². The van der Waals surface area contributed by atoms with Crippen molar-refractivity contribution in [3.63, 3.8) is 0 Å². The molecule has 0 saturated heterocycles. The van der Waals surface area contributed by atoms with E-state index >= 15 is 0 Å². The summed E-state index contributed by atoms with van der Waals surface area (Å²) in [5, 5.41) is 10.1. The Hall–Kier alpha value is -2.15. The van der Waals surface area contributed by atoms with Crippen LogP contribution in [0, 0.1) is 11.3 Å². The molecule has 0 spiro atoms. The van der Waals surface area contributed by atoms with E-state index in [1.807, 2.05) is 48.5 Å². The predicted molar refractivity (Wildman–Crippen MR) is 92.6 cm³/mol. The molecule has 2 nitrogen and oxygen atoms in total. The van der Waals surface area contributed by atoms with Gasteiger partial charge < -0.3 is 4.43 Å². The third-order valence-corrected chi connectivity index (χ3v) is 4.66. The first-order valence-electron chi connectivity index (χ1n) is 7.45. The molecule has 0 heterocycles. The normalized spacial score (nSPS) is 15.4. The number of hydrogen-bond donors (Lipinski definition) is 0. The molecule has 3 heteroatoms. The van der Waals surface area contributed by atoms with Gasteiger partial charge in [-0.25, -0.2) is 0 Å². The van der Waals surface area contributed by atoms with E-state index in [-0.39, 0.29) is 0 Å². The molecule has 0 fully saturated rings. The van der Waals surface area contributed by atoms with Crippen LogP contribution in [0.25, 0.3) is 12.2 Å². The van der Waals surface area contributed by atoms with Gasteiger partial charge in [0.2, 0.25) is 0 Å². The molecule has 110 valence electrons. The van der Waals surface area contributed by atoms with Crippen LogP contribution in [0.15, 0.2) is 48.5 Å². The third-order valence-electron chi connectivity index (χ3n) is 3.74. The lowest BCUT2D eigenvalue weighted by molar-refractivity contribution is 0.163. The SMILES string of the molecule is C[Si](C)(C)OC1(C#N)c2ccccc2C=Cc2ccccc21. The van der Waals surface area contributed by atoms with E-state index in [0.29, 0.717) is 0 Å². The van der Waals surface area contributed by atoms with E-state index in [1.54, 1.807) is 0 Å².